The molecule has 0 amide bonds. The van der Waals surface area contributed by atoms with Gasteiger partial charge in [0.05, 0.1) is 40.1 Å². The standard InChI is InChI=1S/C37H43N3O11/c1-3-18-45-36-29(39-40-38)34(46-20-24-12-8-5-9-13-24)33(27(48-36)21-44-19-23-10-6-4-7-11-23)51-37-31(42)30(41)32-28(49-37)22-47-35(50-32)25-14-16-26(43-2)17-15-25/h3-17,27-37,41-42H,1,18-22H2,2H3/t27-,28-,29-,30-,31-,32-,33-,34-,35-,36+,37+/m1/s1. The van der Waals surface area contributed by atoms with Crippen LogP contribution in [0.5, 0.6) is 5.75 Å². The van der Waals surface area contributed by atoms with Crippen molar-refractivity contribution in [2.45, 2.75) is 80.9 Å². The first-order valence-corrected chi connectivity index (χ1v) is 16.8. The first kappa shape index (κ1) is 36.9. The highest BCUT2D eigenvalue weighted by Gasteiger charge is 2.54. The van der Waals surface area contributed by atoms with E-state index in [9.17, 15) is 15.7 Å². The van der Waals surface area contributed by atoms with E-state index in [0.717, 1.165) is 11.1 Å². The molecule has 0 saturated carbocycles. The molecule has 6 rings (SSSR count). The summed E-state index contributed by atoms with van der Waals surface area (Å²) in [6.45, 7) is 4.29. The number of ether oxygens (including phenoxy) is 9. The van der Waals surface area contributed by atoms with Crippen molar-refractivity contribution < 1.29 is 52.8 Å². The van der Waals surface area contributed by atoms with E-state index < -0.39 is 67.6 Å². The van der Waals surface area contributed by atoms with Crippen LogP contribution in [0.3, 0.4) is 0 Å². The molecule has 2 N–H and O–H groups in total. The number of hydrogen-bond acceptors (Lipinski definition) is 12. The van der Waals surface area contributed by atoms with Crippen LogP contribution in [0.1, 0.15) is 23.0 Å². The Kier molecular flexibility index (Phi) is 13.1. The van der Waals surface area contributed by atoms with Gasteiger partial charge in [-0.15, -0.1) is 6.58 Å². The van der Waals surface area contributed by atoms with E-state index in [4.69, 9.17) is 42.6 Å². The first-order chi connectivity index (χ1) is 25.0. The van der Waals surface area contributed by atoms with E-state index in [-0.39, 0.29) is 33.0 Å². The zero-order chi connectivity index (χ0) is 35.6. The first-order valence-electron chi connectivity index (χ1n) is 16.8. The molecule has 3 aliphatic heterocycles. The molecule has 0 radical (unpaired) electrons. The molecule has 11 atom stereocenters. The van der Waals surface area contributed by atoms with Crippen LogP contribution < -0.4 is 4.74 Å². The number of rotatable bonds is 15. The summed E-state index contributed by atoms with van der Waals surface area (Å²) < 4.78 is 54.8. The van der Waals surface area contributed by atoms with Crippen molar-refractivity contribution in [2.75, 3.05) is 26.9 Å². The Balaban J connectivity index is 1.24. The summed E-state index contributed by atoms with van der Waals surface area (Å²) in [7, 11) is 1.58. The van der Waals surface area contributed by atoms with E-state index in [0.29, 0.717) is 11.3 Å². The predicted molar refractivity (Wildman–Crippen MR) is 181 cm³/mol. The average molecular weight is 706 g/mol. The normalized spacial score (nSPS) is 31.9. The van der Waals surface area contributed by atoms with Gasteiger partial charge in [0, 0.05) is 10.5 Å². The highest BCUT2D eigenvalue weighted by molar-refractivity contribution is 5.28. The Bertz CT molecular complexity index is 1560. The minimum Gasteiger partial charge on any atom is -0.497 e. The number of hydrogen-bond donors (Lipinski definition) is 2. The van der Waals surface area contributed by atoms with Crippen LogP contribution in [0.2, 0.25) is 0 Å². The van der Waals surface area contributed by atoms with Crippen molar-refractivity contribution >= 4 is 0 Å². The smallest absolute Gasteiger partial charge is 0.187 e. The predicted octanol–water partition coefficient (Wildman–Crippen LogP) is 4.35. The largest absolute Gasteiger partial charge is 0.497 e. The molecular formula is C37H43N3O11. The van der Waals surface area contributed by atoms with Crippen molar-refractivity contribution in [3.63, 3.8) is 0 Å². The van der Waals surface area contributed by atoms with Crippen LogP contribution in [-0.4, -0.2) is 98.5 Å². The van der Waals surface area contributed by atoms with Gasteiger partial charge in [0.15, 0.2) is 18.9 Å². The minimum atomic E-state index is -1.55. The second-order valence-corrected chi connectivity index (χ2v) is 12.3. The molecule has 0 unspecified atom stereocenters. The van der Waals surface area contributed by atoms with E-state index in [1.165, 1.54) is 0 Å². The van der Waals surface area contributed by atoms with E-state index in [2.05, 4.69) is 16.6 Å². The number of nitrogens with zero attached hydrogens (tertiary/aromatic N) is 3. The minimum absolute atomic E-state index is 0.00881. The topological polar surface area (TPSA) is 172 Å². The third-order valence-corrected chi connectivity index (χ3v) is 8.87. The summed E-state index contributed by atoms with van der Waals surface area (Å²) in [4.78, 5) is 3.07. The second kappa shape index (κ2) is 18.0. The molecule has 3 heterocycles. The Hall–Kier alpha value is -3.89. The van der Waals surface area contributed by atoms with Gasteiger partial charge < -0.3 is 52.8 Å². The molecular weight excluding hydrogens is 662 g/mol. The fourth-order valence-corrected chi connectivity index (χ4v) is 6.27. The third kappa shape index (κ3) is 9.13. The highest BCUT2D eigenvalue weighted by Crippen LogP contribution is 2.37. The van der Waals surface area contributed by atoms with Crippen molar-refractivity contribution in [2.24, 2.45) is 5.11 Å². The van der Waals surface area contributed by atoms with Gasteiger partial charge in [0.25, 0.3) is 0 Å². The van der Waals surface area contributed by atoms with E-state index >= 15 is 0 Å². The van der Waals surface area contributed by atoms with Crippen molar-refractivity contribution in [1.82, 2.24) is 0 Å². The Morgan fingerprint density at radius 3 is 2.24 bits per heavy atom. The quantitative estimate of drug-likeness (QED) is 0.0997. The van der Waals surface area contributed by atoms with Gasteiger partial charge in [-0.2, -0.15) is 0 Å². The monoisotopic (exact) mass is 705 g/mol. The van der Waals surface area contributed by atoms with Crippen molar-refractivity contribution in [3.8, 4) is 5.75 Å². The number of fused-ring (bicyclic) bond motifs is 1. The lowest BCUT2D eigenvalue weighted by atomic mass is 9.95. The number of aliphatic hydroxyl groups is 2. The zero-order valence-electron chi connectivity index (χ0n) is 28.2. The maximum atomic E-state index is 11.4. The lowest BCUT2D eigenvalue weighted by molar-refractivity contribution is -0.382. The van der Waals surface area contributed by atoms with Crippen LogP contribution in [0.25, 0.3) is 10.4 Å². The lowest BCUT2D eigenvalue weighted by Crippen LogP contribution is -2.66. The SMILES string of the molecule is C=CCO[C@H]1O[C@H](COCc2ccccc2)[C@@H](O[C@@H]2O[C@@H]3CO[C@@H](c4ccc(OC)cc4)O[C@H]3[C@H](O)[C@H]2O)[C@H](OCc2ccccc2)[C@H]1N=[N+]=[N-]. The van der Waals surface area contributed by atoms with Crippen molar-refractivity contribution in [1.29, 1.82) is 0 Å². The average Bonchev–Trinajstić information content (AvgIpc) is 3.17. The summed E-state index contributed by atoms with van der Waals surface area (Å²) in [5.41, 5.74) is 12.1. The van der Waals surface area contributed by atoms with Gasteiger partial charge in [-0.1, -0.05) is 84.0 Å². The summed E-state index contributed by atoms with van der Waals surface area (Å²) in [5.74, 6) is 0.673. The van der Waals surface area contributed by atoms with Crippen LogP contribution >= 0.6 is 0 Å². The van der Waals surface area contributed by atoms with Crippen LogP contribution in [0, 0.1) is 0 Å². The fourth-order valence-electron chi connectivity index (χ4n) is 6.27. The molecule has 3 saturated heterocycles. The molecule has 3 fully saturated rings. The third-order valence-electron chi connectivity index (χ3n) is 8.87. The van der Waals surface area contributed by atoms with Crippen molar-refractivity contribution in [3.05, 3.63) is 125 Å². The molecule has 14 nitrogen and oxygen atoms in total. The van der Waals surface area contributed by atoms with Gasteiger partial charge in [-0.25, -0.2) is 0 Å². The molecule has 3 aromatic rings. The van der Waals surface area contributed by atoms with Crippen LogP contribution in [-0.2, 0) is 51.1 Å². The Morgan fingerprint density at radius 1 is 0.863 bits per heavy atom. The molecule has 0 bridgehead atoms. The molecule has 0 aliphatic carbocycles. The number of azide groups is 1. The van der Waals surface area contributed by atoms with E-state index in [1.807, 2.05) is 60.7 Å². The summed E-state index contributed by atoms with van der Waals surface area (Å²) >= 11 is 0. The maximum absolute atomic E-state index is 11.4. The molecule has 3 aromatic carbocycles. The van der Waals surface area contributed by atoms with Gasteiger partial charge in [-0.3, -0.25) is 0 Å². The van der Waals surface area contributed by atoms with E-state index in [1.54, 1.807) is 37.5 Å². The zero-order valence-corrected chi connectivity index (χ0v) is 28.2. The summed E-state index contributed by atoms with van der Waals surface area (Å²) in [6.07, 6.45) is -9.22. The summed E-state index contributed by atoms with van der Waals surface area (Å²) in [6, 6.07) is 25.2. The summed E-state index contributed by atoms with van der Waals surface area (Å²) in [5, 5.41) is 26.8. The van der Waals surface area contributed by atoms with Gasteiger partial charge in [0.1, 0.15) is 54.5 Å². The number of aliphatic hydroxyl groups excluding tert-OH is 2. The molecule has 51 heavy (non-hydrogen) atoms. The lowest BCUT2D eigenvalue weighted by Gasteiger charge is -2.49. The highest BCUT2D eigenvalue weighted by atomic mass is 16.8. The Morgan fingerprint density at radius 2 is 1.57 bits per heavy atom. The number of methoxy groups -OCH3 is 1. The second-order valence-electron chi connectivity index (χ2n) is 12.3. The fraction of sp³-hybridized carbons (Fsp3) is 0.459. The van der Waals surface area contributed by atoms with Gasteiger partial charge in [0.2, 0.25) is 0 Å². The maximum Gasteiger partial charge on any atom is 0.187 e. The molecule has 3 aliphatic rings. The molecule has 0 aromatic heterocycles. The molecule has 272 valence electrons. The van der Waals surface area contributed by atoms with Crippen LogP contribution in [0.4, 0.5) is 0 Å². The van der Waals surface area contributed by atoms with Gasteiger partial charge >= 0.3 is 0 Å². The van der Waals surface area contributed by atoms with Gasteiger partial charge in [-0.05, 0) is 28.8 Å². The number of benzene rings is 3. The van der Waals surface area contributed by atoms with Crippen LogP contribution in [0.15, 0.2) is 103 Å². The molecule has 0 spiro atoms. The Labute approximate surface area is 296 Å². The molecule has 14 heteroatoms.